The number of nitrogens with one attached hydrogen (secondary N) is 1. The fraction of sp³-hybridized carbons (Fsp3) is 0.667. The zero-order chi connectivity index (χ0) is 8.27. The van der Waals surface area contributed by atoms with Crippen molar-refractivity contribution in [2.45, 2.75) is 25.8 Å². The van der Waals surface area contributed by atoms with Crippen LogP contribution in [0.3, 0.4) is 0 Å². The molecule has 2 nitrogen and oxygen atoms in total. The molecule has 1 saturated heterocycles. The summed E-state index contributed by atoms with van der Waals surface area (Å²) < 4.78 is 0. The molecule has 0 amide bonds. The molecule has 0 aliphatic carbocycles. The van der Waals surface area contributed by atoms with Gasteiger partial charge in [-0.25, -0.2) is 0 Å². The van der Waals surface area contributed by atoms with E-state index in [1.807, 2.05) is 0 Å². The maximum Gasteiger partial charge on any atom is 0.159 e. The second-order valence-electron chi connectivity index (χ2n) is 3.19. The molecule has 1 heterocycles. The Balaban J connectivity index is 2.38. The second-order valence-corrected chi connectivity index (χ2v) is 3.19. The summed E-state index contributed by atoms with van der Waals surface area (Å²) in [6.07, 6.45) is 3.55. The normalized spacial score (nSPS) is 31.4. The monoisotopic (exact) mass is 153 g/mol. The molecule has 0 aromatic rings. The number of rotatable bonds is 2. The predicted octanol–water partition coefficient (Wildman–Crippen LogP) is 1.13. The van der Waals surface area contributed by atoms with Gasteiger partial charge in [0.25, 0.3) is 0 Å². The molecule has 2 heteroatoms. The molecule has 1 rings (SSSR count). The molecule has 1 N–H and O–H groups in total. The smallest absolute Gasteiger partial charge is 0.159 e. The topological polar surface area (TPSA) is 29.1 Å². The molecule has 1 aliphatic heterocycles. The van der Waals surface area contributed by atoms with Crippen LogP contribution in [0.2, 0.25) is 0 Å². The lowest BCUT2D eigenvalue weighted by Gasteiger charge is -2.25. The molecule has 0 bridgehead atoms. The summed E-state index contributed by atoms with van der Waals surface area (Å²) in [5.41, 5.74) is 0. The van der Waals surface area contributed by atoms with E-state index in [0.29, 0.717) is 6.04 Å². The molecule has 1 fully saturated rings. The van der Waals surface area contributed by atoms with E-state index in [0.717, 1.165) is 19.4 Å². The van der Waals surface area contributed by atoms with Crippen molar-refractivity contribution in [3.05, 3.63) is 12.7 Å². The van der Waals surface area contributed by atoms with Crippen LogP contribution in [0.1, 0.15) is 19.8 Å². The first-order valence-electron chi connectivity index (χ1n) is 4.13. The third kappa shape index (κ3) is 2.15. The van der Waals surface area contributed by atoms with Gasteiger partial charge < -0.3 is 5.32 Å². The first kappa shape index (κ1) is 8.47. The van der Waals surface area contributed by atoms with Gasteiger partial charge in [0, 0.05) is 18.5 Å². The van der Waals surface area contributed by atoms with Crippen molar-refractivity contribution in [1.82, 2.24) is 5.32 Å². The van der Waals surface area contributed by atoms with E-state index in [-0.39, 0.29) is 11.7 Å². The van der Waals surface area contributed by atoms with Crippen molar-refractivity contribution in [1.29, 1.82) is 0 Å². The Hall–Kier alpha value is -0.630. The minimum atomic E-state index is 0.184. The summed E-state index contributed by atoms with van der Waals surface area (Å²) in [5, 5.41) is 3.28. The number of piperidine rings is 1. The van der Waals surface area contributed by atoms with Gasteiger partial charge in [0.15, 0.2) is 5.78 Å². The van der Waals surface area contributed by atoms with E-state index < -0.39 is 0 Å². The molecule has 0 saturated carbocycles. The van der Waals surface area contributed by atoms with Crippen LogP contribution in [0.4, 0.5) is 0 Å². The molecule has 0 radical (unpaired) electrons. The maximum atomic E-state index is 11.1. The van der Waals surface area contributed by atoms with Crippen LogP contribution in [0.25, 0.3) is 0 Å². The van der Waals surface area contributed by atoms with Gasteiger partial charge >= 0.3 is 0 Å². The van der Waals surface area contributed by atoms with E-state index in [1.54, 1.807) is 0 Å². The second kappa shape index (κ2) is 3.67. The van der Waals surface area contributed by atoms with Crippen molar-refractivity contribution in [3.63, 3.8) is 0 Å². The third-order valence-electron chi connectivity index (χ3n) is 2.26. The average Bonchev–Trinajstić information content (AvgIpc) is 2.05. The van der Waals surface area contributed by atoms with E-state index in [2.05, 4.69) is 18.8 Å². The summed E-state index contributed by atoms with van der Waals surface area (Å²) in [6, 6.07) is 0.573. The Bertz CT molecular complexity index is 157. The molecule has 0 spiro atoms. The Kier molecular flexibility index (Phi) is 2.83. The molecular weight excluding hydrogens is 138 g/mol. The first-order chi connectivity index (χ1) is 5.24. The van der Waals surface area contributed by atoms with Crippen LogP contribution < -0.4 is 5.32 Å². The molecule has 1 aliphatic rings. The SMILES string of the molecule is C=CC(=O)C1CCC(C)NC1. The summed E-state index contributed by atoms with van der Waals surface area (Å²) in [7, 11) is 0. The van der Waals surface area contributed by atoms with E-state index in [9.17, 15) is 4.79 Å². The van der Waals surface area contributed by atoms with Crippen molar-refractivity contribution >= 4 is 5.78 Å². The van der Waals surface area contributed by atoms with Crippen LogP contribution in [0.5, 0.6) is 0 Å². The van der Waals surface area contributed by atoms with Crippen LogP contribution in [0, 0.1) is 5.92 Å². The van der Waals surface area contributed by atoms with Crippen LogP contribution in [-0.2, 0) is 4.79 Å². The molecule has 2 unspecified atom stereocenters. The van der Waals surface area contributed by atoms with Gasteiger partial charge in [-0.05, 0) is 25.8 Å². The largest absolute Gasteiger partial charge is 0.314 e. The number of ketones is 1. The Morgan fingerprint density at radius 2 is 2.36 bits per heavy atom. The zero-order valence-corrected chi connectivity index (χ0v) is 6.97. The quantitative estimate of drug-likeness (QED) is 0.602. The van der Waals surface area contributed by atoms with Gasteiger partial charge in [-0.1, -0.05) is 6.58 Å². The van der Waals surface area contributed by atoms with E-state index >= 15 is 0 Å². The Morgan fingerprint density at radius 1 is 1.64 bits per heavy atom. The van der Waals surface area contributed by atoms with E-state index in [1.165, 1.54) is 6.08 Å². The van der Waals surface area contributed by atoms with Gasteiger partial charge in [0.2, 0.25) is 0 Å². The summed E-state index contributed by atoms with van der Waals surface area (Å²) >= 11 is 0. The van der Waals surface area contributed by atoms with Crippen LogP contribution in [-0.4, -0.2) is 18.4 Å². The fourth-order valence-electron chi connectivity index (χ4n) is 1.41. The van der Waals surface area contributed by atoms with Crippen molar-refractivity contribution in [2.75, 3.05) is 6.54 Å². The van der Waals surface area contributed by atoms with Crippen molar-refractivity contribution < 1.29 is 4.79 Å². The third-order valence-corrected chi connectivity index (χ3v) is 2.26. The van der Waals surface area contributed by atoms with Crippen molar-refractivity contribution in [2.24, 2.45) is 5.92 Å². The molecule has 2 atom stereocenters. The average molecular weight is 153 g/mol. The summed E-state index contributed by atoms with van der Waals surface area (Å²) in [4.78, 5) is 11.1. The highest BCUT2D eigenvalue weighted by molar-refractivity contribution is 5.91. The number of hydrogen-bond acceptors (Lipinski definition) is 2. The lowest BCUT2D eigenvalue weighted by Crippen LogP contribution is -2.39. The van der Waals surface area contributed by atoms with Gasteiger partial charge in [0.1, 0.15) is 0 Å². The molecular formula is C9H15NO. The summed E-state index contributed by atoms with van der Waals surface area (Å²) in [6.45, 7) is 6.45. The van der Waals surface area contributed by atoms with Gasteiger partial charge in [-0.2, -0.15) is 0 Å². The number of carbonyl (C=O) groups excluding carboxylic acids is 1. The Morgan fingerprint density at radius 3 is 2.82 bits per heavy atom. The molecule has 62 valence electrons. The fourth-order valence-corrected chi connectivity index (χ4v) is 1.41. The van der Waals surface area contributed by atoms with Gasteiger partial charge in [0.05, 0.1) is 0 Å². The highest BCUT2D eigenvalue weighted by atomic mass is 16.1. The lowest BCUT2D eigenvalue weighted by atomic mass is 9.92. The zero-order valence-electron chi connectivity index (χ0n) is 6.97. The minimum Gasteiger partial charge on any atom is -0.314 e. The summed E-state index contributed by atoms with van der Waals surface area (Å²) in [5.74, 6) is 0.369. The highest BCUT2D eigenvalue weighted by Crippen LogP contribution is 2.14. The Labute approximate surface area is 67.7 Å². The molecule has 11 heavy (non-hydrogen) atoms. The number of allylic oxidation sites excluding steroid dienone is 1. The maximum absolute atomic E-state index is 11.1. The first-order valence-corrected chi connectivity index (χ1v) is 4.13. The lowest BCUT2D eigenvalue weighted by molar-refractivity contribution is -0.118. The highest BCUT2D eigenvalue weighted by Gasteiger charge is 2.21. The van der Waals surface area contributed by atoms with Crippen molar-refractivity contribution in [3.8, 4) is 0 Å². The van der Waals surface area contributed by atoms with Gasteiger partial charge in [-0.15, -0.1) is 0 Å². The van der Waals surface area contributed by atoms with Crippen LogP contribution in [0.15, 0.2) is 12.7 Å². The van der Waals surface area contributed by atoms with Crippen LogP contribution >= 0.6 is 0 Å². The molecule has 0 aromatic heterocycles. The standard InChI is InChI=1S/C9H15NO/c1-3-9(11)8-5-4-7(2)10-6-8/h3,7-8,10H,1,4-6H2,2H3. The van der Waals surface area contributed by atoms with Gasteiger partial charge in [-0.3, -0.25) is 4.79 Å². The molecule has 0 aromatic carbocycles. The minimum absolute atomic E-state index is 0.184. The predicted molar refractivity (Wildman–Crippen MR) is 45.4 cm³/mol. The number of hydrogen-bond donors (Lipinski definition) is 1. The number of carbonyl (C=O) groups is 1. The van der Waals surface area contributed by atoms with E-state index in [4.69, 9.17) is 0 Å².